The van der Waals surface area contributed by atoms with Gasteiger partial charge in [0, 0.05) is 12.8 Å². The van der Waals surface area contributed by atoms with Gasteiger partial charge in [0.1, 0.15) is 0 Å². The summed E-state index contributed by atoms with van der Waals surface area (Å²) in [5, 5.41) is 23.2. The van der Waals surface area contributed by atoms with E-state index in [0.29, 0.717) is 19.4 Å². The van der Waals surface area contributed by atoms with E-state index in [1.54, 1.807) is 6.08 Å². The molecule has 0 bridgehead atoms. The summed E-state index contributed by atoms with van der Waals surface area (Å²) in [5.74, 6) is -0.0809. The van der Waals surface area contributed by atoms with Crippen molar-refractivity contribution in [1.29, 1.82) is 0 Å². The number of allylic oxidation sites excluding steroid dienone is 7. The second-order valence-electron chi connectivity index (χ2n) is 22.1. The number of carbonyl (C=O) groups excluding carboxylic acids is 2. The van der Waals surface area contributed by atoms with Crippen molar-refractivity contribution in [2.45, 2.75) is 353 Å². The van der Waals surface area contributed by atoms with E-state index >= 15 is 0 Å². The molecule has 2 unspecified atom stereocenters. The summed E-state index contributed by atoms with van der Waals surface area (Å²) in [6.45, 7) is 4.87. The lowest BCUT2D eigenvalue weighted by Gasteiger charge is -2.20. The van der Waals surface area contributed by atoms with Crippen LogP contribution in [0.2, 0.25) is 0 Å². The fourth-order valence-corrected chi connectivity index (χ4v) is 9.82. The zero-order valence-electron chi connectivity index (χ0n) is 48.9. The average Bonchev–Trinajstić information content (AvgIpc) is 3.39. The Hall–Kier alpha value is -2.18. The highest BCUT2D eigenvalue weighted by atomic mass is 16.5. The molecule has 3 N–H and O–H groups in total. The normalized spacial score (nSPS) is 12.9. The Balaban J connectivity index is 3.49. The van der Waals surface area contributed by atoms with Crippen LogP contribution in [-0.2, 0) is 14.3 Å². The van der Waals surface area contributed by atoms with E-state index in [9.17, 15) is 19.8 Å². The van der Waals surface area contributed by atoms with Crippen LogP contribution >= 0.6 is 0 Å². The van der Waals surface area contributed by atoms with E-state index in [1.165, 1.54) is 250 Å². The Morgan fingerprint density at radius 1 is 0.384 bits per heavy atom. The van der Waals surface area contributed by atoms with Crippen LogP contribution in [0.5, 0.6) is 0 Å². The molecule has 0 rings (SSSR count). The van der Waals surface area contributed by atoms with Gasteiger partial charge in [-0.25, -0.2) is 0 Å². The Kier molecular flexibility index (Phi) is 60.5. The summed E-state index contributed by atoms with van der Waals surface area (Å²) in [5.41, 5.74) is 0. The zero-order valence-corrected chi connectivity index (χ0v) is 48.9. The zero-order chi connectivity index (χ0) is 52.9. The van der Waals surface area contributed by atoms with Gasteiger partial charge in [0.25, 0.3) is 0 Å². The van der Waals surface area contributed by atoms with Crippen molar-refractivity contribution in [1.82, 2.24) is 5.32 Å². The monoisotopic (exact) mass is 1020 g/mol. The first-order valence-electron chi connectivity index (χ1n) is 32.4. The van der Waals surface area contributed by atoms with Crippen molar-refractivity contribution in [3.8, 4) is 0 Å². The van der Waals surface area contributed by atoms with Crippen LogP contribution in [0.4, 0.5) is 0 Å². The van der Waals surface area contributed by atoms with E-state index in [-0.39, 0.29) is 18.5 Å². The van der Waals surface area contributed by atoms with Crippen molar-refractivity contribution in [3.63, 3.8) is 0 Å². The highest BCUT2D eigenvalue weighted by Crippen LogP contribution is 2.17. The first kappa shape index (κ1) is 70.8. The molecule has 0 saturated heterocycles. The topological polar surface area (TPSA) is 95.9 Å². The molecule has 0 heterocycles. The van der Waals surface area contributed by atoms with Crippen LogP contribution in [0.25, 0.3) is 0 Å². The summed E-state index contributed by atoms with van der Waals surface area (Å²) in [4.78, 5) is 24.5. The molecule has 2 atom stereocenters. The summed E-state index contributed by atoms with van der Waals surface area (Å²) < 4.78 is 5.45. The summed E-state index contributed by atoms with van der Waals surface area (Å²) in [7, 11) is 0. The highest BCUT2D eigenvalue weighted by Gasteiger charge is 2.18. The van der Waals surface area contributed by atoms with Gasteiger partial charge in [0.05, 0.1) is 25.4 Å². The predicted octanol–water partition coefficient (Wildman–Crippen LogP) is 20.5. The third-order valence-electron chi connectivity index (χ3n) is 14.8. The molecular formula is C67H125NO5. The SMILES string of the molecule is CCCC/C=C\CCCCCCCC(=O)OCCCCCCCCCCC/C=C\C/C=C\CCCCCCCCCC(=O)NC(CO)C(O)/C=C/CCCCCCCCCCCCCCCCCCCCCC. The van der Waals surface area contributed by atoms with Crippen molar-refractivity contribution in [2.75, 3.05) is 13.2 Å². The van der Waals surface area contributed by atoms with Crippen molar-refractivity contribution < 1.29 is 24.5 Å². The molecule has 0 saturated carbocycles. The number of aliphatic hydroxyl groups is 2. The standard InChI is InChI=1S/C67H125NO5/c1-3-5-7-9-11-13-15-16-17-18-19-20-24-27-30-33-36-40-43-47-51-55-59-65(70)64(63-69)68-66(71)60-56-52-48-44-41-37-34-31-28-25-22-21-23-26-29-32-35-38-42-46-50-54-58-62-73-67(72)61-57-53-49-45-39-14-12-10-8-6-4-2/h10,12,21,23,25,28,55,59,64-65,69-70H,3-9,11,13-20,22,24,26-27,29-54,56-58,60-63H2,1-2H3,(H,68,71)/b12-10-,23-21-,28-25-,59-55+. The second kappa shape index (κ2) is 62.4. The van der Waals surface area contributed by atoms with Crippen molar-refractivity contribution >= 4 is 11.9 Å². The van der Waals surface area contributed by atoms with Crippen molar-refractivity contribution in [3.05, 3.63) is 48.6 Å². The smallest absolute Gasteiger partial charge is 0.305 e. The number of carbonyl (C=O) groups is 2. The first-order valence-corrected chi connectivity index (χ1v) is 32.4. The van der Waals surface area contributed by atoms with Gasteiger partial charge in [-0.1, -0.05) is 294 Å². The lowest BCUT2D eigenvalue weighted by atomic mass is 10.0. The number of hydrogen-bond donors (Lipinski definition) is 3. The third kappa shape index (κ3) is 58.9. The maximum atomic E-state index is 12.5. The molecule has 0 aliphatic rings. The number of hydrogen-bond acceptors (Lipinski definition) is 5. The van der Waals surface area contributed by atoms with Crippen LogP contribution in [0.15, 0.2) is 48.6 Å². The first-order chi connectivity index (χ1) is 36.0. The van der Waals surface area contributed by atoms with Crippen molar-refractivity contribution in [2.24, 2.45) is 0 Å². The Bertz CT molecular complexity index is 1230. The predicted molar refractivity (Wildman–Crippen MR) is 319 cm³/mol. The number of ether oxygens (including phenoxy) is 1. The molecule has 73 heavy (non-hydrogen) atoms. The molecular weight excluding hydrogens is 899 g/mol. The Morgan fingerprint density at radius 3 is 1.10 bits per heavy atom. The van der Waals surface area contributed by atoms with E-state index in [0.717, 1.165) is 64.2 Å². The second-order valence-corrected chi connectivity index (χ2v) is 22.1. The van der Waals surface area contributed by atoms with Gasteiger partial charge in [0.2, 0.25) is 5.91 Å². The Labute approximate surface area is 455 Å². The third-order valence-corrected chi connectivity index (χ3v) is 14.8. The lowest BCUT2D eigenvalue weighted by molar-refractivity contribution is -0.143. The van der Waals surface area contributed by atoms with Gasteiger partial charge in [0.15, 0.2) is 0 Å². The number of esters is 1. The molecule has 6 nitrogen and oxygen atoms in total. The lowest BCUT2D eigenvalue weighted by Crippen LogP contribution is -2.45. The van der Waals surface area contributed by atoms with Crippen LogP contribution in [0.3, 0.4) is 0 Å². The van der Waals surface area contributed by atoms with E-state index in [2.05, 4.69) is 55.6 Å². The molecule has 6 heteroatoms. The maximum Gasteiger partial charge on any atom is 0.305 e. The minimum Gasteiger partial charge on any atom is -0.466 e. The van der Waals surface area contributed by atoms with Crippen LogP contribution in [0, 0.1) is 0 Å². The molecule has 428 valence electrons. The molecule has 0 aromatic carbocycles. The summed E-state index contributed by atoms with van der Waals surface area (Å²) >= 11 is 0. The molecule has 1 amide bonds. The largest absolute Gasteiger partial charge is 0.466 e. The molecule has 0 aliphatic heterocycles. The van der Waals surface area contributed by atoms with E-state index in [1.807, 2.05) is 6.08 Å². The highest BCUT2D eigenvalue weighted by molar-refractivity contribution is 5.76. The molecule has 0 spiro atoms. The number of amides is 1. The average molecular weight is 1020 g/mol. The molecule has 0 fully saturated rings. The van der Waals surface area contributed by atoms with Gasteiger partial charge in [-0.3, -0.25) is 9.59 Å². The fraction of sp³-hybridized carbons (Fsp3) is 0.851. The fourth-order valence-electron chi connectivity index (χ4n) is 9.82. The minimum atomic E-state index is -0.853. The van der Waals surface area contributed by atoms with Gasteiger partial charge in [-0.15, -0.1) is 0 Å². The summed E-state index contributed by atoms with van der Waals surface area (Å²) in [6, 6.07) is -0.637. The number of aliphatic hydroxyl groups excluding tert-OH is 2. The molecule has 0 radical (unpaired) electrons. The minimum absolute atomic E-state index is 0.00474. The van der Waals surface area contributed by atoms with Crippen LogP contribution in [-0.4, -0.2) is 47.4 Å². The quantitative estimate of drug-likeness (QED) is 0.0320. The number of nitrogens with one attached hydrogen (secondary N) is 1. The molecule has 0 aromatic rings. The van der Waals surface area contributed by atoms with E-state index < -0.39 is 12.1 Å². The molecule has 0 aromatic heterocycles. The molecule has 0 aliphatic carbocycles. The Morgan fingerprint density at radius 2 is 0.699 bits per heavy atom. The van der Waals surface area contributed by atoms with Gasteiger partial charge in [-0.05, 0) is 83.5 Å². The number of unbranched alkanes of at least 4 members (excludes halogenated alkanes) is 43. The van der Waals surface area contributed by atoms with Gasteiger partial charge < -0.3 is 20.3 Å². The van der Waals surface area contributed by atoms with Gasteiger partial charge in [-0.2, -0.15) is 0 Å². The van der Waals surface area contributed by atoms with Crippen LogP contribution in [0.1, 0.15) is 341 Å². The van der Waals surface area contributed by atoms with Crippen LogP contribution < -0.4 is 5.32 Å². The maximum absolute atomic E-state index is 12.5. The van der Waals surface area contributed by atoms with E-state index in [4.69, 9.17) is 4.74 Å². The van der Waals surface area contributed by atoms with Gasteiger partial charge >= 0.3 is 5.97 Å². The number of rotatable bonds is 60. The summed E-state index contributed by atoms with van der Waals surface area (Å²) in [6.07, 6.45) is 80.2.